The third-order valence-corrected chi connectivity index (χ3v) is 2.87. The minimum Gasteiger partial charge on any atom is -0.385 e. The molecule has 0 saturated carbocycles. The van der Waals surface area contributed by atoms with Gasteiger partial charge in [0, 0.05) is 10.6 Å². The molecule has 1 aliphatic heterocycles. The lowest BCUT2D eigenvalue weighted by Crippen LogP contribution is -2.33. The summed E-state index contributed by atoms with van der Waals surface area (Å²) in [5, 5.41) is 0.535. The van der Waals surface area contributed by atoms with Crippen LogP contribution < -0.4 is 5.73 Å². The van der Waals surface area contributed by atoms with Crippen molar-refractivity contribution in [1.29, 1.82) is 0 Å². The van der Waals surface area contributed by atoms with Gasteiger partial charge in [0.25, 0.3) is 0 Å². The minimum absolute atomic E-state index is 0.152. The van der Waals surface area contributed by atoms with Gasteiger partial charge in [0.2, 0.25) is 0 Å². The van der Waals surface area contributed by atoms with E-state index in [1.54, 1.807) is 12.1 Å². The first-order chi connectivity index (χ1) is 8.15. The third-order valence-electron chi connectivity index (χ3n) is 2.52. The molecule has 0 fully saturated rings. The van der Waals surface area contributed by atoms with Crippen LogP contribution in [0.25, 0.3) is 0 Å². The zero-order chi connectivity index (χ0) is 12.4. The molecular formula is C12H10ClN3O. The highest BCUT2D eigenvalue weighted by atomic mass is 35.5. The van der Waals surface area contributed by atoms with Crippen molar-refractivity contribution in [3.05, 3.63) is 34.9 Å². The number of carbonyl (C=O) groups is 1. The molecule has 86 valence electrons. The first-order valence-corrected chi connectivity index (χ1v) is 5.35. The molecule has 0 aromatic heterocycles. The first kappa shape index (κ1) is 11.5. The molecule has 0 aliphatic carbocycles. The van der Waals surface area contributed by atoms with Crippen LogP contribution in [0.2, 0.25) is 5.02 Å². The predicted octanol–water partition coefficient (Wildman–Crippen LogP) is 1.81. The Balaban J connectivity index is 2.43. The van der Waals surface area contributed by atoms with Crippen LogP contribution in [0.15, 0.2) is 29.3 Å². The molecule has 1 unspecified atom stereocenters. The van der Waals surface area contributed by atoms with Crippen LogP contribution in [0, 0.1) is 12.3 Å². The van der Waals surface area contributed by atoms with E-state index in [0.717, 1.165) is 5.56 Å². The number of carbonyl (C=O) groups excluding carboxylic acids is 1. The van der Waals surface area contributed by atoms with E-state index in [9.17, 15) is 4.79 Å². The number of aliphatic imine (C=N–C) groups is 1. The summed E-state index contributed by atoms with van der Waals surface area (Å²) in [5.74, 6) is 2.63. The monoisotopic (exact) mass is 247 g/mol. The van der Waals surface area contributed by atoms with E-state index in [1.807, 2.05) is 12.1 Å². The number of urea groups is 1. The number of rotatable bonds is 2. The van der Waals surface area contributed by atoms with Crippen LogP contribution in [0.5, 0.6) is 0 Å². The Kier molecular flexibility index (Phi) is 3.03. The van der Waals surface area contributed by atoms with E-state index < -0.39 is 12.1 Å². The minimum atomic E-state index is -0.466. The standard InChI is InChI=1S/C12H10ClN3O/c1-2-7-16-10(11(14)15-12(16)17)8-5-3-4-6-9(8)13/h1,3-6,10H,7H2,(H2,14,15,17). The average molecular weight is 248 g/mol. The van der Waals surface area contributed by atoms with Gasteiger partial charge in [-0.25, -0.2) is 4.79 Å². The van der Waals surface area contributed by atoms with Crippen molar-refractivity contribution in [2.75, 3.05) is 6.54 Å². The maximum absolute atomic E-state index is 11.6. The van der Waals surface area contributed by atoms with Crippen molar-refractivity contribution < 1.29 is 4.79 Å². The van der Waals surface area contributed by atoms with E-state index in [-0.39, 0.29) is 12.4 Å². The zero-order valence-corrected chi connectivity index (χ0v) is 9.69. The highest BCUT2D eigenvalue weighted by Gasteiger charge is 2.34. The summed E-state index contributed by atoms with van der Waals surface area (Å²) in [5.41, 5.74) is 6.48. The number of nitrogens with zero attached hydrogens (tertiary/aromatic N) is 2. The Bertz CT molecular complexity index is 533. The topological polar surface area (TPSA) is 58.7 Å². The second-order valence-electron chi connectivity index (χ2n) is 3.58. The van der Waals surface area contributed by atoms with Crippen LogP contribution in [0.4, 0.5) is 4.79 Å². The molecule has 0 saturated heterocycles. The SMILES string of the molecule is C#CCN1C(=O)N=C(N)C1c1ccccc1Cl. The number of hydrogen-bond donors (Lipinski definition) is 1. The summed E-state index contributed by atoms with van der Waals surface area (Å²) in [6, 6.07) is 6.28. The Morgan fingerprint density at radius 2 is 2.24 bits per heavy atom. The lowest BCUT2D eigenvalue weighted by atomic mass is 10.1. The van der Waals surface area contributed by atoms with Crippen molar-refractivity contribution in [3.63, 3.8) is 0 Å². The highest BCUT2D eigenvalue weighted by Crippen LogP contribution is 2.31. The summed E-state index contributed by atoms with van der Waals surface area (Å²) >= 11 is 6.08. The molecule has 2 amide bonds. The molecule has 4 nitrogen and oxygen atoms in total. The van der Waals surface area contributed by atoms with Gasteiger partial charge in [0.1, 0.15) is 11.9 Å². The number of halogens is 1. The van der Waals surface area contributed by atoms with Gasteiger partial charge < -0.3 is 5.73 Å². The Labute approximate surface area is 104 Å². The van der Waals surface area contributed by atoms with E-state index in [0.29, 0.717) is 5.02 Å². The fourth-order valence-electron chi connectivity index (χ4n) is 1.79. The summed E-state index contributed by atoms with van der Waals surface area (Å²) in [7, 11) is 0. The van der Waals surface area contributed by atoms with Crippen LogP contribution in [0.1, 0.15) is 11.6 Å². The number of hydrogen-bond acceptors (Lipinski definition) is 2. The number of terminal acetylenes is 1. The molecule has 0 spiro atoms. The molecular weight excluding hydrogens is 238 g/mol. The number of amides is 2. The Hall–Kier alpha value is -1.99. The van der Waals surface area contributed by atoms with Crippen LogP contribution in [-0.4, -0.2) is 23.3 Å². The second-order valence-corrected chi connectivity index (χ2v) is 3.98. The number of amidine groups is 1. The van der Waals surface area contributed by atoms with Crippen molar-refractivity contribution in [2.45, 2.75) is 6.04 Å². The Morgan fingerprint density at radius 3 is 2.88 bits per heavy atom. The van der Waals surface area contributed by atoms with Crippen molar-refractivity contribution >= 4 is 23.5 Å². The summed E-state index contributed by atoms with van der Waals surface area (Å²) < 4.78 is 0. The maximum Gasteiger partial charge on any atom is 0.346 e. The van der Waals surface area contributed by atoms with Gasteiger partial charge in [-0.05, 0) is 6.07 Å². The summed E-state index contributed by atoms with van der Waals surface area (Å²) in [4.78, 5) is 16.7. The second kappa shape index (κ2) is 4.48. The lowest BCUT2D eigenvalue weighted by molar-refractivity contribution is 0.213. The highest BCUT2D eigenvalue weighted by molar-refractivity contribution is 6.31. The van der Waals surface area contributed by atoms with Gasteiger partial charge in [-0.3, -0.25) is 4.90 Å². The zero-order valence-electron chi connectivity index (χ0n) is 8.93. The van der Waals surface area contributed by atoms with Crippen LogP contribution in [0.3, 0.4) is 0 Å². The maximum atomic E-state index is 11.6. The molecule has 0 bridgehead atoms. The quantitative estimate of drug-likeness (QED) is 0.811. The van der Waals surface area contributed by atoms with Gasteiger partial charge in [0.05, 0.1) is 6.54 Å². The average Bonchev–Trinajstić information content (AvgIpc) is 2.56. The molecule has 1 atom stereocenters. The lowest BCUT2D eigenvalue weighted by Gasteiger charge is -2.23. The normalized spacial score (nSPS) is 19.1. The molecule has 1 aromatic carbocycles. The number of nitrogens with two attached hydrogens (primary N) is 1. The molecule has 0 radical (unpaired) electrons. The molecule has 17 heavy (non-hydrogen) atoms. The van der Waals surface area contributed by atoms with E-state index in [2.05, 4.69) is 10.9 Å². The molecule has 1 aromatic rings. The van der Waals surface area contributed by atoms with Gasteiger partial charge in [-0.1, -0.05) is 35.7 Å². The van der Waals surface area contributed by atoms with E-state index in [1.165, 1.54) is 4.90 Å². The van der Waals surface area contributed by atoms with Crippen molar-refractivity contribution in [2.24, 2.45) is 10.7 Å². The van der Waals surface area contributed by atoms with Gasteiger partial charge in [-0.2, -0.15) is 4.99 Å². The largest absolute Gasteiger partial charge is 0.385 e. The Morgan fingerprint density at radius 1 is 1.53 bits per heavy atom. The fourth-order valence-corrected chi connectivity index (χ4v) is 2.03. The molecule has 1 heterocycles. The third kappa shape index (κ3) is 1.97. The molecule has 2 N–H and O–H groups in total. The van der Waals surface area contributed by atoms with Gasteiger partial charge in [-0.15, -0.1) is 6.42 Å². The van der Waals surface area contributed by atoms with Gasteiger partial charge in [0.15, 0.2) is 0 Å². The predicted molar refractivity (Wildman–Crippen MR) is 66.8 cm³/mol. The smallest absolute Gasteiger partial charge is 0.346 e. The molecule has 5 heteroatoms. The number of benzene rings is 1. The summed E-state index contributed by atoms with van der Waals surface area (Å²) in [6.45, 7) is 0.152. The van der Waals surface area contributed by atoms with Crippen molar-refractivity contribution in [3.8, 4) is 12.3 Å². The van der Waals surface area contributed by atoms with E-state index in [4.69, 9.17) is 23.8 Å². The first-order valence-electron chi connectivity index (χ1n) is 4.97. The summed E-state index contributed by atoms with van der Waals surface area (Å²) in [6.07, 6.45) is 5.23. The molecule has 2 rings (SSSR count). The van der Waals surface area contributed by atoms with Gasteiger partial charge >= 0.3 is 6.03 Å². The van der Waals surface area contributed by atoms with Crippen LogP contribution >= 0.6 is 11.6 Å². The van der Waals surface area contributed by atoms with E-state index >= 15 is 0 Å². The fraction of sp³-hybridized carbons (Fsp3) is 0.167. The van der Waals surface area contributed by atoms with Crippen molar-refractivity contribution in [1.82, 2.24) is 4.90 Å². The molecule has 1 aliphatic rings. The van der Waals surface area contributed by atoms with Crippen LogP contribution in [-0.2, 0) is 0 Å².